The van der Waals surface area contributed by atoms with Crippen LogP contribution in [0.4, 0.5) is 10.7 Å². The Bertz CT molecular complexity index is 254. The monoisotopic (exact) mass is 183 g/mol. The number of urea groups is 1. The van der Waals surface area contributed by atoms with Gasteiger partial charge in [0, 0.05) is 19.2 Å². The van der Waals surface area contributed by atoms with Gasteiger partial charge in [-0.2, -0.15) is 0 Å². The summed E-state index contributed by atoms with van der Waals surface area (Å²) in [5, 5.41) is 6.06. The average Bonchev–Trinajstić information content (AvgIpc) is 2.59. The first-order valence-corrected chi connectivity index (χ1v) is 4.24. The van der Waals surface area contributed by atoms with Crippen LogP contribution in [0.25, 0.3) is 0 Å². The highest BCUT2D eigenvalue weighted by Crippen LogP contribution is 2.04. The smallest absolute Gasteiger partial charge is 0.324 e. The molecule has 0 aliphatic heterocycles. The molecule has 13 heavy (non-hydrogen) atoms. The van der Waals surface area contributed by atoms with Crippen molar-refractivity contribution in [2.75, 3.05) is 18.4 Å². The van der Waals surface area contributed by atoms with Crippen molar-refractivity contribution in [1.82, 2.24) is 10.1 Å². The number of nitrogens with one attached hydrogen (secondary N) is 1. The third-order valence-electron chi connectivity index (χ3n) is 1.72. The highest BCUT2D eigenvalue weighted by atomic mass is 16.5. The van der Waals surface area contributed by atoms with E-state index in [4.69, 9.17) is 4.52 Å². The Morgan fingerprint density at radius 1 is 1.62 bits per heavy atom. The van der Waals surface area contributed by atoms with E-state index >= 15 is 0 Å². The van der Waals surface area contributed by atoms with Crippen LogP contribution in [0.15, 0.2) is 16.8 Å². The van der Waals surface area contributed by atoms with Crippen LogP contribution in [-0.2, 0) is 0 Å². The van der Waals surface area contributed by atoms with Gasteiger partial charge in [0.2, 0.25) is 5.88 Å². The minimum absolute atomic E-state index is 0.165. The standard InChI is InChI=1S/C8H13N3O2/c1-3-11(4-2)8(12)10-7-5-6-9-13-7/h5-6H,3-4H2,1-2H3,(H,10,12). The first-order chi connectivity index (χ1) is 6.27. The zero-order chi connectivity index (χ0) is 9.68. The molecule has 0 aromatic carbocycles. The number of hydrogen-bond donors (Lipinski definition) is 1. The first-order valence-electron chi connectivity index (χ1n) is 4.24. The first kappa shape index (κ1) is 9.57. The summed E-state index contributed by atoms with van der Waals surface area (Å²) in [6, 6.07) is 1.43. The molecule has 0 saturated carbocycles. The van der Waals surface area contributed by atoms with Gasteiger partial charge in [-0.3, -0.25) is 5.32 Å². The Morgan fingerprint density at radius 2 is 2.31 bits per heavy atom. The summed E-state index contributed by atoms with van der Waals surface area (Å²) in [5.41, 5.74) is 0. The maximum absolute atomic E-state index is 11.4. The molecule has 5 nitrogen and oxygen atoms in total. The van der Waals surface area contributed by atoms with Crippen molar-refractivity contribution in [3.05, 3.63) is 12.3 Å². The molecule has 0 spiro atoms. The molecule has 0 atom stereocenters. The van der Waals surface area contributed by atoms with Gasteiger partial charge in [0.05, 0.1) is 6.20 Å². The molecule has 5 heteroatoms. The minimum atomic E-state index is -0.165. The second kappa shape index (κ2) is 4.49. The number of rotatable bonds is 3. The van der Waals surface area contributed by atoms with E-state index in [1.165, 1.54) is 6.20 Å². The summed E-state index contributed by atoms with van der Waals surface area (Å²) in [6.45, 7) is 5.19. The number of carbonyl (C=O) groups is 1. The number of amides is 2. The molecule has 0 radical (unpaired) electrons. The van der Waals surface area contributed by atoms with E-state index in [1.54, 1.807) is 11.0 Å². The van der Waals surface area contributed by atoms with Crippen molar-refractivity contribution in [3.63, 3.8) is 0 Å². The molecule has 1 heterocycles. The molecule has 2 amide bonds. The quantitative estimate of drug-likeness (QED) is 0.773. The molecule has 1 rings (SSSR count). The van der Waals surface area contributed by atoms with Crippen LogP contribution in [0.2, 0.25) is 0 Å². The molecule has 1 N–H and O–H groups in total. The molecule has 1 aromatic heterocycles. The van der Waals surface area contributed by atoms with Gasteiger partial charge in [0.25, 0.3) is 0 Å². The fourth-order valence-corrected chi connectivity index (χ4v) is 0.976. The Balaban J connectivity index is 2.49. The van der Waals surface area contributed by atoms with Crippen molar-refractivity contribution in [2.45, 2.75) is 13.8 Å². The summed E-state index contributed by atoms with van der Waals surface area (Å²) in [5.74, 6) is 0.372. The number of anilines is 1. The topological polar surface area (TPSA) is 58.4 Å². The lowest BCUT2D eigenvalue weighted by atomic mass is 10.5. The molecule has 72 valence electrons. The van der Waals surface area contributed by atoms with Crippen LogP contribution < -0.4 is 5.32 Å². The van der Waals surface area contributed by atoms with E-state index in [2.05, 4.69) is 10.5 Å². The third kappa shape index (κ3) is 2.47. The van der Waals surface area contributed by atoms with E-state index in [0.717, 1.165) is 0 Å². The van der Waals surface area contributed by atoms with Crippen molar-refractivity contribution in [2.24, 2.45) is 0 Å². The molecule has 0 fully saturated rings. The van der Waals surface area contributed by atoms with Crippen LogP contribution in [0.3, 0.4) is 0 Å². The minimum Gasteiger partial charge on any atom is -0.338 e. The third-order valence-corrected chi connectivity index (χ3v) is 1.72. The second-order valence-corrected chi connectivity index (χ2v) is 2.48. The summed E-state index contributed by atoms with van der Waals surface area (Å²) in [6.07, 6.45) is 1.48. The van der Waals surface area contributed by atoms with Crippen LogP contribution in [0, 0.1) is 0 Å². The van der Waals surface area contributed by atoms with Gasteiger partial charge >= 0.3 is 6.03 Å². The van der Waals surface area contributed by atoms with Crippen LogP contribution >= 0.6 is 0 Å². The predicted molar refractivity (Wildman–Crippen MR) is 48.4 cm³/mol. The number of aromatic nitrogens is 1. The van der Waals surface area contributed by atoms with Gasteiger partial charge < -0.3 is 9.42 Å². The summed E-state index contributed by atoms with van der Waals surface area (Å²) in [4.78, 5) is 13.1. The fourth-order valence-electron chi connectivity index (χ4n) is 0.976. The van der Waals surface area contributed by atoms with Crippen LogP contribution in [0.1, 0.15) is 13.8 Å². The van der Waals surface area contributed by atoms with Gasteiger partial charge in [-0.15, -0.1) is 0 Å². The zero-order valence-electron chi connectivity index (χ0n) is 7.78. The lowest BCUT2D eigenvalue weighted by Gasteiger charge is -2.17. The van der Waals surface area contributed by atoms with E-state index in [1.807, 2.05) is 13.8 Å². The maximum Gasteiger partial charge on any atom is 0.324 e. The van der Waals surface area contributed by atoms with Crippen molar-refractivity contribution in [3.8, 4) is 0 Å². The lowest BCUT2D eigenvalue weighted by Crippen LogP contribution is -2.34. The molecule has 0 bridgehead atoms. The fraction of sp³-hybridized carbons (Fsp3) is 0.500. The summed E-state index contributed by atoms with van der Waals surface area (Å²) >= 11 is 0. The second-order valence-electron chi connectivity index (χ2n) is 2.48. The largest absolute Gasteiger partial charge is 0.338 e. The maximum atomic E-state index is 11.4. The number of hydrogen-bond acceptors (Lipinski definition) is 3. The highest BCUT2D eigenvalue weighted by Gasteiger charge is 2.10. The van der Waals surface area contributed by atoms with E-state index in [-0.39, 0.29) is 6.03 Å². The predicted octanol–water partition coefficient (Wildman–Crippen LogP) is 1.55. The molecule has 0 unspecified atom stereocenters. The van der Waals surface area contributed by atoms with Crippen molar-refractivity contribution in [1.29, 1.82) is 0 Å². The lowest BCUT2D eigenvalue weighted by molar-refractivity contribution is 0.216. The average molecular weight is 183 g/mol. The van der Waals surface area contributed by atoms with Gasteiger partial charge in [-0.1, -0.05) is 5.16 Å². The highest BCUT2D eigenvalue weighted by molar-refractivity contribution is 5.87. The summed E-state index contributed by atoms with van der Waals surface area (Å²) in [7, 11) is 0. The number of nitrogens with zero attached hydrogens (tertiary/aromatic N) is 2. The molecular formula is C8H13N3O2. The van der Waals surface area contributed by atoms with Crippen LogP contribution in [0.5, 0.6) is 0 Å². The molecular weight excluding hydrogens is 170 g/mol. The van der Waals surface area contributed by atoms with E-state index in [0.29, 0.717) is 19.0 Å². The summed E-state index contributed by atoms with van der Waals surface area (Å²) < 4.78 is 4.73. The molecule has 1 aromatic rings. The Kier molecular flexibility index (Phi) is 3.31. The van der Waals surface area contributed by atoms with Crippen molar-refractivity contribution < 1.29 is 9.32 Å². The van der Waals surface area contributed by atoms with Gasteiger partial charge in [-0.25, -0.2) is 4.79 Å². The van der Waals surface area contributed by atoms with Gasteiger partial charge in [0.15, 0.2) is 0 Å². The Hall–Kier alpha value is -1.52. The van der Waals surface area contributed by atoms with E-state index in [9.17, 15) is 4.79 Å². The van der Waals surface area contributed by atoms with Gasteiger partial charge in [-0.05, 0) is 13.8 Å². The molecule has 0 aliphatic rings. The van der Waals surface area contributed by atoms with Crippen molar-refractivity contribution >= 4 is 11.9 Å². The molecule has 0 aliphatic carbocycles. The Morgan fingerprint density at radius 3 is 2.77 bits per heavy atom. The molecule has 0 saturated heterocycles. The van der Waals surface area contributed by atoms with E-state index < -0.39 is 0 Å². The van der Waals surface area contributed by atoms with Crippen LogP contribution in [-0.4, -0.2) is 29.2 Å². The normalized spacial score (nSPS) is 9.69. The zero-order valence-corrected chi connectivity index (χ0v) is 7.78. The Labute approximate surface area is 76.7 Å². The van der Waals surface area contributed by atoms with Gasteiger partial charge in [0.1, 0.15) is 0 Å². The number of carbonyl (C=O) groups excluding carboxylic acids is 1. The SMILES string of the molecule is CCN(CC)C(=O)Nc1ccno1.